The Bertz CT molecular complexity index is 1190. The number of carbonyl (C=O) groups is 1. The summed E-state index contributed by atoms with van der Waals surface area (Å²) in [6.07, 6.45) is 6.03. The molecular weight excluding hydrogens is 450 g/mol. The Kier molecular flexibility index (Phi) is 6.56. The molecule has 0 bridgehead atoms. The van der Waals surface area contributed by atoms with Crippen LogP contribution in [0.25, 0.3) is 10.2 Å². The quantitative estimate of drug-likeness (QED) is 0.453. The maximum atomic E-state index is 11.8. The van der Waals surface area contributed by atoms with E-state index in [-0.39, 0.29) is 18.4 Å². The molecule has 0 aliphatic heterocycles. The molecule has 1 fully saturated rings. The van der Waals surface area contributed by atoms with E-state index >= 15 is 0 Å². The number of fused-ring (bicyclic) bond motifs is 3. The number of anilines is 2. The van der Waals surface area contributed by atoms with Crippen molar-refractivity contribution >= 4 is 39.1 Å². The molecule has 0 unspecified atom stereocenters. The molecule has 2 aliphatic carbocycles. The molecule has 34 heavy (non-hydrogen) atoms. The lowest BCUT2D eigenvalue weighted by molar-refractivity contribution is -0.118. The number of carbonyl (C=O) groups excluding carboxylic acids is 1. The molecule has 1 amide bonds. The van der Waals surface area contributed by atoms with Gasteiger partial charge in [-0.1, -0.05) is 18.2 Å². The smallest absolute Gasteiger partial charge is 0.286 e. The minimum atomic E-state index is -0.607. The van der Waals surface area contributed by atoms with Gasteiger partial charge in [0.15, 0.2) is 0 Å². The van der Waals surface area contributed by atoms with E-state index in [1.165, 1.54) is 4.88 Å². The number of nitrogens with one attached hydrogen (secondary N) is 1. The molecule has 178 valence electrons. The molecule has 0 spiro atoms. The topological polar surface area (TPSA) is 96.8 Å². The third-order valence-corrected chi connectivity index (χ3v) is 8.12. The fourth-order valence-corrected chi connectivity index (χ4v) is 6.45. The summed E-state index contributed by atoms with van der Waals surface area (Å²) in [5.41, 5.74) is 1.98. The molecule has 8 nitrogen and oxygen atoms in total. The fraction of sp³-hybridized carbons (Fsp3) is 0.480. The Morgan fingerprint density at radius 2 is 1.91 bits per heavy atom. The number of hydrogen-bond donors (Lipinski definition) is 1. The first-order chi connectivity index (χ1) is 16.5. The number of amides is 1. The van der Waals surface area contributed by atoms with Gasteiger partial charge in [0.05, 0.1) is 5.39 Å². The zero-order valence-corrected chi connectivity index (χ0v) is 20.3. The molecule has 1 aromatic carbocycles. The van der Waals surface area contributed by atoms with Crippen molar-refractivity contribution in [2.24, 2.45) is 5.18 Å². The maximum Gasteiger partial charge on any atom is 0.286 e. The van der Waals surface area contributed by atoms with Crippen LogP contribution in [0, 0.1) is 4.91 Å². The summed E-state index contributed by atoms with van der Waals surface area (Å²) in [6.45, 7) is 0. The van der Waals surface area contributed by atoms with Crippen LogP contribution in [-0.2, 0) is 11.2 Å². The summed E-state index contributed by atoms with van der Waals surface area (Å²) in [7, 11) is 4.26. The molecule has 1 atom stereocenters. The number of ether oxygens (including phenoxy) is 1. The zero-order valence-electron chi connectivity index (χ0n) is 19.5. The third-order valence-electron chi connectivity index (χ3n) is 6.97. The highest BCUT2D eigenvalue weighted by Gasteiger charge is 2.33. The molecule has 9 heteroatoms. The van der Waals surface area contributed by atoms with E-state index in [0.29, 0.717) is 17.9 Å². The number of thiophene rings is 1. The number of aromatic nitrogens is 2. The first-order valence-corrected chi connectivity index (χ1v) is 12.7. The fourth-order valence-electron chi connectivity index (χ4n) is 5.18. The Labute approximate surface area is 202 Å². The van der Waals surface area contributed by atoms with Crippen LogP contribution in [-0.4, -0.2) is 47.0 Å². The van der Waals surface area contributed by atoms with Crippen molar-refractivity contribution in [2.45, 2.75) is 63.0 Å². The summed E-state index contributed by atoms with van der Waals surface area (Å²) < 4.78 is 6.57. The van der Waals surface area contributed by atoms with Gasteiger partial charge < -0.3 is 15.0 Å². The first kappa shape index (κ1) is 22.9. The van der Waals surface area contributed by atoms with Gasteiger partial charge in [-0.05, 0) is 76.2 Å². The molecule has 1 saturated carbocycles. The van der Waals surface area contributed by atoms with Crippen molar-refractivity contribution in [3.8, 4) is 5.88 Å². The van der Waals surface area contributed by atoms with Gasteiger partial charge >= 0.3 is 0 Å². The van der Waals surface area contributed by atoms with Crippen LogP contribution >= 0.6 is 11.3 Å². The molecule has 2 aromatic heterocycles. The van der Waals surface area contributed by atoms with Crippen molar-refractivity contribution in [1.82, 2.24) is 14.9 Å². The number of aryl methyl sites for hydroxylation is 1. The molecular formula is C25H29N5O3S. The van der Waals surface area contributed by atoms with E-state index in [1.54, 1.807) is 11.3 Å². The minimum Gasteiger partial charge on any atom is -0.474 e. The molecule has 0 saturated heterocycles. The van der Waals surface area contributed by atoms with E-state index in [9.17, 15) is 9.70 Å². The summed E-state index contributed by atoms with van der Waals surface area (Å²) >= 11 is 1.63. The number of benzene rings is 1. The highest BCUT2D eigenvalue weighted by atomic mass is 32.1. The van der Waals surface area contributed by atoms with Crippen LogP contribution in [0.1, 0.15) is 54.9 Å². The number of nitrogens with zero attached hydrogens (tertiary/aromatic N) is 4. The van der Waals surface area contributed by atoms with Crippen LogP contribution in [0.3, 0.4) is 0 Å². The van der Waals surface area contributed by atoms with Gasteiger partial charge in [0.1, 0.15) is 10.9 Å². The largest absolute Gasteiger partial charge is 0.474 e. The van der Waals surface area contributed by atoms with Crippen molar-refractivity contribution in [2.75, 3.05) is 19.4 Å². The Hall–Kier alpha value is -2.91. The van der Waals surface area contributed by atoms with Crippen LogP contribution in [0.4, 0.5) is 11.6 Å². The van der Waals surface area contributed by atoms with Gasteiger partial charge in [0, 0.05) is 28.2 Å². The van der Waals surface area contributed by atoms with Crippen molar-refractivity contribution in [3.05, 3.63) is 45.7 Å². The maximum absolute atomic E-state index is 11.8. The van der Waals surface area contributed by atoms with Crippen molar-refractivity contribution in [1.29, 1.82) is 0 Å². The van der Waals surface area contributed by atoms with Gasteiger partial charge in [-0.25, -0.2) is 4.98 Å². The third kappa shape index (κ3) is 4.67. The Morgan fingerprint density at radius 1 is 1.15 bits per heavy atom. The lowest BCUT2D eigenvalue weighted by Gasteiger charge is -2.32. The minimum absolute atomic E-state index is 0.0442. The second-order valence-electron chi connectivity index (χ2n) is 9.40. The molecule has 1 N–H and O–H groups in total. The standard InChI is InChI=1S/C25H29N5O3S/c1-30(2)17-9-11-18(12-10-17)33-23-22-21-15(14-20(31)29-32)8-13-19(21)34-24(22)28-25(27-23)26-16-6-4-3-5-7-16/h3-7,15,17-18H,8-14H2,1-2H3,(H,26,27,28)/t15-,17?,18?/m1/s1. The summed E-state index contributed by atoms with van der Waals surface area (Å²) in [6, 6.07) is 10.4. The van der Waals surface area contributed by atoms with E-state index in [4.69, 9.17) is 14.7 Å². The van der Waals surface area contributed by atoms with Crippen molar-refractivity contribution in [3.63, 3.8) is 0 Å². The van der Waals surface area contributed by atoms with Crippen LogP contribution in [0.2, 0.25) is 0 Å². The Balaban J connectivity index is 1.50. The van der Waals surface area contributed by atoms with Crippen LogP contribution < -0.4 is 10.1 Å². The number of rotatable bonds is 7. The molecule has 2 aliphatic rings. The van der Waals surface area contributed by atoms with E-state index < -0.39 is 5.91 Å². The Morgan fingerprint density at radius 3 is 2.62 bits per heavy atom. The van der Waals surface area contributed by atoms with E-state index in [2.05, 4.69) is 29.5 Å². The number of para-hydroxylation sites is 1. The first-order valence-electron chi connectivity index (χ1n) is 11.9. The molecule has 0 radical (unpaired) electrons. The monoisotopic (exact) mass is 479 g/mol. The van der Waals surface area contributed by atoms with E-state index in [1.807, 2.05) is 30.3 Å². The van der Waals surface area contributed by atoms with Gasteiger partial charge in [0.2, 0.25) is 11.8 Å². The van der Waals surface area contributed by atoms with E-state index in [0.717, 1.165) is 60.0 Å². The van der Waals surface area contributed by atoms with Crippen LogP contribution in [0.15, 0.2) is 35.5 Å². The highest BCUT2D eigenvalue weighted by molar-refractivity contribution is 7.19. The lowest BCUT2D eigenvalue weighted by atomic mass is 9.92. The van der Waals surface area contributed by atoms with Gasteiger partial charge in [0.25, 0.3) is 5.91 Å². The number of nitroso groups, excluding NO2 is 1. The lowest BCUT2D eigenvalue weighted by Crippen LogP contribution is -2.35. The predicted octanol–water partition coefficient (Wildman–Crippen LogP) is 5.40. The molecule has 5 rings (SSSR count). The molecule has 3 aromatic rings. The SMILES string of the molecule is CN(C)C1CCC(Oc2nc(Nc3ccccc3)nc3sc4c(c23)[C@@H](CC(=O)N=O)CC4)CC1. The zero-order chi connectivity index (χ0) is 23.7. The van der Waals surface area contributed by atoms with Crippen LogP contribution in [0.5, 0.6) is 5.88 Å². The van der Waals surface area contributed by atoms with Crippen molar-refractivity contribution < 1.29 is 9.53 Å². The second kappa shape index (κ2) is 9.76. The average Bonchev–Trinajstić information content (AvgIpc) is 3.39. The average molecular weight is 480 g/mol. The summed E-state index contributed by atoms with van der Waals surface area (Å²) in [4.78, 5) is 36.5. The van der Waals surface area contributed by atoms with Gasteiger partial charge in [-0.3, -0.25) is 4.79 Å². The van der Waals surface area contributed by atoms with Gasteiger partial charge in [-0.15, -0.1) is 16.2 Å². The number of hydrogen-bond acceptors (Lipinski definition) is 8. The predicted molar refractivity (Wildman–Crippen MR) is 134 cm³/mol. The summed E-state index contributed by atoms with van der Waals surface area (Å²) in [5, 5.41) is 6.82. The highest BCUT2D eigenvalue weighted by Crippen LogP contribution is 2.48. The summed E-state index contributed by atoms with van der Waals surface area (Å²) in [5.74, 6) is 0.424. The molecule has 2 heterocycles. The second-order valence-corrected chi connectivity index (χ2v) is 10.5. The van der Waals surface area contributed by atoms with Gasteiger partial charge in [-0.2, -0.15) is 4.98 Å². The normalized spacial score (nSPS) is 22.0.